The molecule has 1 aliphatic rings. The Kier molecular flexibility index (Phi) is 5.58. The molecule has 7 nitrogen and oxygen atoms in total. The lowest BCUT2D eigenvalue weighted by Crippen LogP contribution is -2.44. The number of benzene rings is 1. The lowest BCUT2D eigenvalue weighted by atomic mass is 9.85. The summed E-state index contributed by atoms with van der Waals surface area (Å²) in [5.74, 6) is 0.989. The largest absolute Gasteiger partial charge is 0.337 e. The molecule has 27 heavy (non-hydrogen) atoms. The van der Waals surface area contributed by atoms with Gasteiger partial charge in [-0.2, -0.15) is 4.98 Å². The molecule has 0 saturated carbocycles. The summed E-state index contributed by atoms with van der Waals surface area (Å²) in [6.45, 7) is 6.17. The molecule has 1 aliphatic heterocycles. The second kappa shape index (κ2) is 7.90. The van der Waals surface area contributed by atoms with Crippen molar-refractivity contribution in [2.24, 2.45) is 5.92 Å². The van der Waals surface area contributed by atoms with Gasteiger partial charge < -0.3 is 9.84 Å². The van der Waals surface area contributed by atoms with Gasteiger partial charge in [0, 0.05) is 6.42 Å². The maximum atomic E-state index is 13.3. The van der Waals surface area contributed by atoms with Crippen molar-refractivity contribution < 1.29 is 14.1 Å². The molecule has 1 atom stereocenters. The van der Waals surface area contributed by atoms with Crippen LogP contribution in [0, 0.1) is 5.92 Å². The van der Waals surface area contributed by atoms with E-state index in [0.717, 1.165) is 18.4 Å². The van der Waals surface area contributed by atoms with E-state index in [1.54, 1.807) is 0 Å². The Hall–Kier alpha value is -2.70. The molecule has 7 heteroatoms. The molecule has 2 aromatic rings. The summed E-state index contributed by atoms with van der Waals surface area (Å²) in [7, 11) is 0. The highest BCUT2D eigenvalue weighted by atomic mass is 16.5. The highest BCUT2D eigenvalue weighted by Gasteiger charge is 2.52. The predicted molar refractivity (Wildman–Crippen MR) is 99.6 cm³/mol. The number of unbranched alkanes of at least 4 members (excludes halogenated alkanes) is 1. The number of urea groups is 1. The zero-order valence-corrected chi connectivity index (χ0v) is 16.1. The standard InChI is InChI=1S/C20H26N4O3/c1-4-5-11-20(15-9-7-6-8-10-15)18(25)24(19(26)22-20)13-17-21-16(23-27-17)12-14(2)3/h6-10,14H,4-5,11-13H2,1-3H3,(H,22,26). The van der Waals surface area contributed by atoms with Crippen LogP contribution in [0.3, 0.4) is 0 Å². The van der Waals surface area contributed by atoms with Crippen LogP contribution in [0.2, 0.25) is 0 Å². The fourth-order valence-electron chi connectivity index (χ4n) is 3.38. The quantitative estimate of drug-likeness (QED) is 0.720. The lowest BCUT2D eigenvalue weighted by molar-refractivity contribution is -0.132. The zero-order valence-electron chi connectivity index (χ0n) is 16.1. The molecule has 1 fully saturated rings. The maximum Gasteiger partial charge on any atom is 0.325 e. The molecule has 1 saturated heterocycles. The number of aromatic nitrogens is 2. The number of imide groups is 1. The summed E-state index contributed by atoms with van der Waals surface area (Å²) in [5, 5.41) is 6.86. The molecular formula is C20H26N4O3. The first kappa shape index (κ1) is 19.1. The van der Waals surface area contributed by atoms with Crippen LogP contribution >= 0.6 is 0 Å². The van der Waals surface area contributed by atoms with Gasteiger partial charge >= 0.3 is 6.03 Å². The van der Waals surface area contributed by atoms with Gasteiger partial charge in [-0.25, -0.2) is 4.79 Å². The summed E-state index contributed by atoms with van der Waals surface area (Å²) in [6, 6.07) is 8.98. The molecule has 1 unspecified atom stereocenters. The van der Waals surface area contributed by atoms with Gasteiger partial charge in [-0.15, -0.1) is 0 Å². The summed E-state index contributed by atoms with van der Waals surface area (Å²) >= 11 is 0. The van der Waals surface area contributed by atoms with Crippen LogP contribution in [0.25, 0.3) is 0 Å². The second-order valence-corrected chi connectivity index (χ2v) is 7.40. The van der Waals surface area contributed by atoms with Gasteiger partial charge in [-0.3, -0.25) is 9.69 Å². The van der Waals surface area contributed by atoms with E-state index in [1.807, 2.05) is 30.3 Å². The molecule has 0 spiro atoms. The van der Waals surface area contributed by atoms with E-state index in [9.17, 15) is 9.59 Å². The van der Waals surface area contributed by atoms with Gasteiger partial charge in [0.05, 0.1) is 0 Å². The first-order valence-corrected chi connectivity index (χ1v) is 9.47. The van der Waals surface area contributed by atoms with E-state index in [4.69, 9.17) is 4.52 Å². The van der Waals surface area contributed by atoms with Crippen molar-refractivity contribution in [2.75, 3.05) is 0 Å². The third-order valence-electron chi connectivity index (χ3n) is 4.74. The number of nitrogens with zero attached hydrogens (tertiary/aromatic N) is 3. The van der Waals surface area contributed by atoms with E-state index in [0.29, 0.717) is 24.6 Å². The normalized spacial score (nSPS) is 19.8. The Balaban J connectivity index is 1.84. The summed E-state index contributed by atoms with van der Waals surface area (Å²) in [6.07, 6.45) is 3.00. The van der Waals surface area contributed by atoms with E-state index in [-0.39, 0.29) is 18.3 Å². The van der Waals surface area contributed by atoms with E-state index >= 15 is 0 Å². The maximum absolute atomic E-state index is 13.3. The summed E-state index contributed by atoms with van der Waals surface area (Å²) in [4.78, 5) is 31.4. The Morgan fingerprint density at radius 1 is 1.22 bits per heavy atom. The van der Waals surface area contributed by atoms with Crippen molar-refractivity contribution in [3.8, 4) is 0 Å². The summed E-state index contributed by atoms with van der Waals surface area (Å²) < 4.78 is 5.24. The number of carbonyl (C=O) groups excluding carboxylic acids is 2. The van der Waals surface area contributed by atoms with E-state index < -0.39 is 11.6 Å². The highest BCUT2D eigenvalue weighted by molar-refractivity contribution is 6.07. The smallest absolute Gasteiger partial charge is 0.325 e. The number of rotatable bonds is 8. The number of carbonyl (C=O) groups is 2. The third kappa shape index (κ3) is 3.86. The molecule has 1 aromatic heterocycles. The number of amides is 3. The van der Waals surface area contributed by atoms with Crippen LogP contribution < -0.4 is 5.32 Å². The van der Waals surface area contributed by atoms with E-state index in [2.05, 4.69) is 36.2 Å². The molecule has 0 radical (unpaired) electrons. The fraction of sp³-hybridized carbons (Fsp3) is 0.500. The minimum atomic E-state index is -1.03. The second-order valence-electron chi connectivity index (χ2n) is 7.40. The average molecular weight is 370 g/mol. The predicted octanol–water partition coefficient (Wildman–Crippen LogP) is 3.41. The van der Waals surface area contributed by atoms with Crippen LogP contribution in [0.4, 0.5) is 4.79 Å². The zero-order chi connectivity index (χ0) is 19.4. The molecule has 3 rings (SSSR count). The van der Waals surface area contributed by atoms with Crippen LogP contribution in [0.5, 0.6) is 0 Å². The molecule has 2 heterocycles. The van der Waals surface area contributed by atoms with Gasteiger partial charge in [0.15, 0.2) is 5.82 Å². The Labute approximate surface area is 159 Å². The topological polar surface area (TPSA) is 88.3 Å². The van der Waals surface area contributed by atoms with Gasteiger partial charge in [0.25, 0.3) is 5.91 Å². The third-order valence-corrected chi connectivity index (χ3v) is 4.74. The molecule has 0 bridgehead atoms. The Bertz CT molecular complexity index is 803. The molecular weight excluding hydrogens is 344 g/mol. The number of hydrogen-bond acceptors (Lipinski definition) is 5. The van der Waals surface area contributed by atoms with Crippen LogP contribution in [-0.2, 0) is 23.3 Å². The highest BCUT2D eigenvalue weighted by Crippen LogP contribution is 2.34. The van der Waals surface area contributed by atoms with Gasteiger partial charge in [0.2, 0.25) is 5.89 Å². The van der Waals surface area contributed by atoms with Crippen LogP contribution in [0.15, 0.2) is 34.9 Å². The first-order valence-electron chi connectivity index (χ1n) is 9.47. The monoisotopic (exact) mass is 370 g/mol. The lowest BCUT2D eigenvalue weighted by Gasteiger charge is -2.27. The van der Waals surface area contributed by atoms with Crippen LogP contribution in [-0.4, -0.2) is 27.0 Å². The van der Waals surface area contributed by atoms with Crippen LogP contribution in [0.1, 0.15) is 57.3 Å². The average Bonchev–Trinajstić information content (AvgIpc) is 3.18. The van der Waals surface area contributed by atoms with Crippen molar-refractivity contribution in [1.82, 2.24) is 20.4 Å². The van der Waals surface area contributed by atoms with Crippen molar-refractivity contribution in [3.05, 3.63) is 47.6 Å². The fourth-order valence-corrected chi connectivity index (χ4v) is 3.38. The van der Waals surface area contributed by atoms with Gasteiger partial charge in [0.1, 0.15) is 12.1 Å². The molecule has 144 valence electrons. The van der Waals surface area contributed by atoms with Crippen molar-refractivity contribution in [1.29, 1.82) is 0 Å². The minimum absolute atomic E-state index is 0.0174. The molecule has 0 aliphatic carbocycles. The first-order chi connectivity index (χ1) is 13.0. The van der Waals surface area contributed by atoms with Gasteiger partial charge in [-0.05, 0) is 17.9 Å². The Morgan fingerprint density at radius 2 is 1.96 bits per heavy atom. The van der Waals surface area contributed by atoms with Crippen molar-refractivity contribution in [2.45, 2.75) is 58.5 Å². The minimum Gasteiger partial charge on any atom is -0.337 e. The van der Waals surface area contributed by atoms with Crippen molar-refractivity contribution >= 4 is 11.9 Å². The molecule has 3 amide bonds. The van der Waals surface area contributed by atoms with Gasteiger partial charge in [-0.1, -0.05) is 69.1 Å². The van der Waals surface area contributed by atoms with E-state index in [1.165, 1.54) is 4.90 Å². The number of hydrogen-bond donors (Lipinski definition) is 1. The molecule has 1 N–H and O–H groups in total. The SMILES string of the molecule is CCCCC1(c2ccccc2)NC(=O)N(Cc2nc(CC(C)C)no2)C1=O. The Morgan fingerprint density at radius 3 is 2.63 bits per heavy atom. The molecule has 1 aromatic carbocycles. The summed E-state index contributed by atoms with van der Waals surface area (Å²) in [5.41, 5.74) is -0.236. The number of nitrogens with one attached hydrogen (secondary N) is 1. The van der Waals surface area contributed by atoms with Crippen molar-refractivity contribution in [3.63, 3.8) is 0 Å².